The Hall–Kier alpha value is -0.610. The number of hydrogen-bond donors (Lipinski definition) is 1. The van der Waals surface area contributed by atoms with Gasteiger partial charge in [0.15, 0.2) is 0 Å². The van der Waals surface area contributed by atoms with Gasteiger partial charge in [-0.15, -0.1) is 0 Å². The van der Waals surface area contributed by atoms with Crippen molar-refractivity contribution in [1.82, 2.24) is 4.90 Å². The molecule has 3 unspecified atom stereocenters. The van der Waals surface area contributed by atoms with Crippen LogP contribution in [0, 0.1) is 5.41 Å². The maximum absolute atomic E-state index is 12.5. The van der Waals surface area contributed by atoms with Gasteiger partial charge in [0.2, 0.25) is 5.91 Å². The molecule has 1 aliphatic heterocycles. The number of nitrogens with zero attached hydrogens (tertiary/aromatic N) is 1. The molecule has 0 aromatic rings. The van der Waals surface area contributed by atoms with Gasteiger partial charge in [-0.25, -0.2) is 0 Å². The quantitative estimate of drug-likeness (QED) is 0.864. The Morgan fingerprint density at radius 2 is 2.05 bits per heavy atom. The number of carbonyl (C=O) groups excluding carboxylic acids is 1. The van der Waals surface area contributed by atoms with E-state index in [1.165, 1.54) is 12.8 Å². The summed E-state index contributed by atoms with van der Waals surface area (Å²) in [6.07, 6.45) is 6.25. The summed E-state index contributed by atoms with van der Waals surface area (Å²) < 4.78 is 5.82. The topological polar surface area (TPSA) is 55.6 Å². The van der Waals surface area contributed by atoms with Crippen molar-refractivity contribution >= 4 is 5.91 Å². The average Bonchev–Trinajstić information content (AvgIpc) is 2.35. The predicted octanol–water partition coefficient (Wildman–Crippen LogP) is 2.31. The molecule has 0 aromatic heterocycles. The molecule has 1 saturated heterocycles. The zero-order chi connectivity index (χ0) is 14.8. The number of carbonyl (C=O) groups is 1. The number of morpholine rings is 1. The Morgan fingerprint density at radius 1 is 1.35 bits per heavy atom. The van der Waals surface area contributed by atoms with Crippen LogP contribution in [0.15, 0.2) is 0 Å². The molecule has 20 heavy (non-hydrogen) atoms. The van der Waals surface area contributed by atoms with Crippen molar-refractivity contribution in [1.29, 1.82) is 0 Å². The van der Waals surface area contributed by atoms with Crippen molar-refractivity contribution in [2.75, 3.05) is 13.2 Å². The maximum Gasteiger partial charge on any atom is 0.224 e. The third kappa shape index (κ3) is 4.19. The summed E-state index contributed by atoms with van der Waals surface area (Å²) in [5, 5.41) is 0. The van der Waals surface area contributed by atoms with Crippen LogP contribution in [-0.4, -0.2) is 42.1 Å². The average molecular weight is 282 g/mol. The van der Waals surface area contributed by atoms with E-state index in [0.717, 1.165) is 25.8 Å². The largest absolute Gasteiger partial charge is 0.374 e. The minimum absolute atomic E-state index is 0.0348. The minimum Gasteiger partial charge on any atom is -0.374 e. The Balaban J connectivity index is 1.90. The summed E-state index contributed by atoms with van der Waals surface area (Å²) in [4.78, 5) is 14.6. The summed E-state index contributed by atoms with van der Waals surface area (Å²) in [7, 11) is 0. The monoisotopic (exact) mass is 282 g/mol. The highest BCUT2D eigenvalue weighted by Gasteiger charge is 2.36. The zero-order valence-electron chi connectivity index (χ0n) is 13.2. The highest BCUT2D eigenvalue weighted by atomic mass is 16.5. The lowest BCUT2D eigenvalue weighted by Crippen LogP contribution is -2.55. The molecule has 1 saturated carbocycles. The lowest BCUT2D eigenvalue weighted by atomic mass is 9.86. The number of ether oxygens (including phenoxy) is 1. The third-order valence-electron chi connectivity index (χ3n) is 4.36. The van der Waals surface area contributed by atoms with Crippen LogP contribution >= 0.6 is 0 Å². The molecule has 116 valence electrons. The summed E-state index contributed by atoms with van der Waals surface area (Å²) in [6, 6.07) is 0.263. The van der Waals surface area contributed by atoms with Crippen LogP contribution in [0.5, 0.6) is 0 Å². The van der Waals surface area contributed by atoms with Crippen LogP contribution in [0.4, 0.5) is 0 Å². The Bertz CT molecular complexity index is 336. The second kappa shape index (κ2) is 6.44. The van der Waals surface area contributed by atoms with Crippen molar-refractivity contribution in [3.05, 3.63) is 0 Å². The number of amides is 1. The zero-order valence-corrected chi connectivity index (χ0v) is 13.2. The molecule has 0 radical (unpaired) electrons. The number of rotatable bonds is 3. The Morgan fingerprint density at radius 3 is 2.75 bits per heavy atom. The normalized spacial score (nSPS) is 28.9. The van der Waals surface area contributed by atoms with Crippen LogP contribution in [0.3, 0.4) is 0 Å². The number of fused-ring (bicyclic) bond motifs is 1. The Labute approximate surface area is 123 Å². The first-order valence-corrected chi connectivity index (χ1v) is 8.03. The fraction of sp³-hybridized carbons (Fsp3) is 0.938. The maximum atomic E-state index is 12.5. The number of nitrogens with two attached hydrogens (primary N) is 1. The first-order chi connectivity index (χ1) is 9.37. The lowest BCUT2D eigenvalue weighted by molar-refractivity contribution is -0.150. The molecule has 0 bridgehead atoms. The molecule has 1 heterocycles. The Kier molecular flexibility index (Phi) is 5.08. The SMILES string of the molecule is CC(C)(C)CC(N)CC(=O)N1CCOC2CCCCC21. The second-order valence-electron chi connectivity index (χ2n) is 7.58. The fourth-order valence-electron chi connectivity index (χ4n) is 3.61. The van der Waals surface area contributed by atoms with Gasteiger partial charge in [-0.3, -0.25) is 4.79 Å². The molecule has 2 fully saturated rings. The standard InChI is InChI=1S/C16H30N2O2/c1-16(2,3)11-12(17)10-15(19)18-8-9-20-14-7-5-4-6-13(14)18/h12-14H,4-11,17H2,1-3H3. The van der Waals surface area contributed by atoms with Gasteiger partial charge in [0, 0.05) is 19.0 Å². The second-order valence-corrected chi connectivity index (χ2v) is 7.58. The smallest absolute Gasteiger partial charge is 0.224 e. The van der Waals surface area contributed by atoms with Gasteiger partial charge in [-0.2, -0.15) is 0 Å². The van der Waals surface area contributed by atoms with Crippen LogP contribution in [0.25, 0.3) is 0 Å². The molecule has 4 heteroatoms. The van der Waals surface area contributed by atoms with Gasteiger partial charge in [0.1, 0.15) is 0 Å². The van der Waals surface area contributed by atoms with Crippen LogP contribution < -0.4 is 5.73 Å². The van der Waals surface area contributed by atoms with E-state index in [-0.39, 0.29) is 23.5 Å². The molecular formula is C16H30N2O2. The molecule has 2 rings (SSSR count). The van der Waals surface area contributed by atoms with Gasteiger partial charge >= 0.3 is 0 Å². The summed E-state index contributed by atoms with van der Waals surface area (Å²) >= 11 is 0. The van der Waals surface area contributed by atoms with Crippen molar-refractivity contribution in [2.24, 2.45) is 11.1 Å². The van der Waals surface area contributed by atoms with E-state index in [4.69, 9.17) is 10.5 Å². The van der Waals surface area contributed by atoms with Gasteiger partial charge in [0.25, 0.3) is 0 Å². The molecular weight excluding hydrogens is 252 g/mol. The van der Waals surface area contributed by atoms with Crippen molar-refractivity contribution < 1.29 is 9.53 Å². The van der Waals surface area contributed by atoms with Gasteiger partial charge in [0.05, 0.1) is 18.8 Å². The summed E-state index contributed by atoms with van der Waals surface area (Å²) in [6.45, 7) is 7.93. The molecule has 0 aromatic carbocycles. The van der Waals surface area contributed by atoms with Crippen LogP contribution in [0.1, 0.15) is 59.3 Å². The number of hydrogen-bond acceptors (Lipinski definition) is 3. The minimum atomic E-state index is -0.0348. The van der Waals surface area contributed by atoms with Crippen molar-refractivity contribution in [3.8, 4) is 0 Å². The van der Waals surface area contributed by atoms with Crippen LogP contribution in [0.2, 0.25) is 0 Å². The van der Waals surface area contributed by atoms with Crippen molar-refractivity contribution in [2.45, 2.75) is 77.5 Å². The van der Waals surface area contributed by atoms with E-state index in [9.17, 15) is 4.79 Å². The lowest BCUT2D eigenvalue weighted by Gasteiger charge is -2.44. The van der Waals surface area contributed by atoms with Gasteiger partial charge in [-0.1, -0.05) is 33.6 Å². The van der Waals surface area contributed by atoms with E-state index in [2.05, 4.69) is 25.7 Å². The molecule has 2 N–H and O–H groups in total. The predicted molar refractivity (Wildman–Crippen MR) is 80.4 cm³/mol. The van der Waals surface area contributed by atoms with E-state index in [1.54, 1.807) is 0 Å². The van der Waals surface area contributed by atoms with E-state index >= 15 is 0 Å². The van der Waals surface area contributed by atoms with Gasteiger partial charge < -0.3 is 15.4 Å². The first kappa shape index (κ1) is 15.8. The van der Waals surface area contributed by atoms with Gasteiger partial charge in [-0.05, 0) is 24.7 Å². The molecule has 4 nitrogen and oxygen atoms in total. The highest BCUT2D eigenvalue weighted by molar-refractivity contribution is 5.77. The molecule has 1 amide bonds. The first-order valence-electron chi connectivity index (χ1n) is 8.03. The van der Waals surface area contributed by atoms with Crippen LogP contribution in [-0.2, 0) is 9.53 Å². The molecule has 1 aliphatic carbocycles. The fourth-order valence-corrected chi connectivity index (χ4v) is 3.61. The van der Waals surface area contributed by atoms with Crippen molar-refractivity contribution in [3.63, 3.8) is 0 Å². The van der Waals surface area contributed by atoms with E-state index in [1.807, 2.05) is 0 Å². The molecule has 2 aliphatic rings. The van der Waals surface area contributed by atoms with E-state index in [0.29, 0.717) is 19.1 Å². The molecule has 0 spiro atoms. The van der Waals surface area contributed by atoms with E-state index < -0.39 is 0 Å². The summed E-state index contributed by atoms with van der Waals surface area (Å²) in [5.74, 6) is 0.224. The third-order valence-corrected chi connectivity index (χ3v) is 4.36. The molecule has 3 atom stereocenters. The highest BCUT2D eigenvalue weighted by Crippen LogP contribution is 2.29. The summed E-state index contributed by atoms with van der Waals surface area (Å²) in [5.41, 5.74) is 6.34.